The van der Waals surface area contributed by atoms with E-state index in [2.05, 4.69) is 46.8 Å². The molecule has 0 radical (unpaired) electrons. The number of hydrogen-bond acceptors (Lipinski definition) is 3. The molecule has 1 aliphatic rings. The maximum atomic E-state index is 5.65. The molecule has 1 aromatic carbocycles. The summed E-state index contributed by atoms with van der Waals surface area (Å²) in [6.07, 6.45) is 5.26. The van der Waals surface area contributed by atoms with Crippen LogP contribution in [0.25, 0.3) is 0 Å². The van der Waals surface area contributed by atoms with E-state index < -0.39 is 0 Å². The molecule has 0 amide bonds. The Kier molecular flexibility index (Phi) is 8.92. The van der Waals surface area contributed by atoms with Crippen LogP contribution in [0.15, 0.2) is 29.3 Å². The highest BCUT2D eigenvalue weighted by Crippen LogP contribution is 2.42. The Hall–Kier alpha value is -1.59. The van der Waals surface area contributed by atoms with Crippen molar-refractivity contribution in [3.63, 3.8) is 0 Å². The van der Waals surface area contributed by atoms with Crippen molar-refractivity contribution in [1.29, 1.82) is 0 Å². The van der Waals surface area contributed by atoms with Gasteiger partial charge in [0, 0.05) is 26.7 Å². The maximum absolute atomic E-state index is 5.65. The van der Waals surface area contributed by atoms with Crippen molar-refractivity contribution in [3.8, 4) is 0 Å². The minimum Gasteiger partial charge on any atom is -0.379 e. The lowest BCUT2D eigenvalue weighted by molar-refractivity contribution is 0.0453. The molecule has 0 aliphatic heterocycles. The summed E-state index contributed by atoms with van der Waals surface area (Å²) in [4.78, 5) is 4.36. The third kappa shape index (κ3) is 6.61. The van der Waals surface area contributed by atoms with E-state index in [1.807, 2.05) is 14.0 Å². The van der Waals surface area contributed by atoms with Gasteiger partial charge in [-0.1, -0.05) is 37.6 Å². The second-order valence-corrected chi connectivity index (χ2v) is 7.06. The van der Waals surface area contributed by atoms with Gasteiger partial charge in [-0.25, -0.2) is 0 Å². The van der Waals surface area contributed by atoms with Gasteiger partial charge in [0.1, 0.15) is 0 Å². The van der Waals surface area contributed by atoms with Gasteiger partial charge in [0.2, 0.25) is 0 Å². The van der Waals surface area contributed by atoms with E-state index in [-0.39, 0.29) is 0 Å². The van der Waals surface area contributed by atoms with Crippen LogP contribution < -0.4 is 10.6 Å². The normalized spacial score (nSPS) is 16.2. The molecule has 1 aliphatic carbocycles. The summed E-state index contributed by atoms with van der Waals surface area (Å²) in [7, 11) is 1.83. The number of nitrogens with one attached hydrogen (secondary N) is 2. The summed E-state index contributed by atoms with van der Waals surface area (Å²) in [6, 6.07) is 8.48. The zero-order valence-corrected chi connectivity index (χ0v) is 16.6. The van der Waals surface area contributed by atoms with Gasteiger partial charge in [0.25, 0.3) is 0 Å². The van der Waals surface area contributed by atoms with Crippen LogP contribution in [0.5, 0.6) is 0 Å². The minimum absolute atomic E-state index is 0.483. The second-order valence-electron chi connectivity index (χ2n) is 7.06. The second kappa shape index (κ2) is 11.2. The molecule has 0 atom stereocenters. The quantitative estimate of drug-likeness (QED) is 0.360. The van der Waals surface area contributed by atoms with Crippen molar-refractivity contribution in [2.75, 3.05) is 33.4 Å². The lowest BCUT2D eigenvalue weighted by Crippen LogP contribution is -2.46. The molecule has 0 saturated heterocycles. The molecule has 2 rings (SSSR count). The molecular weight excluding hydrogens is 326 g/mol. The van der Waals surface area contributed by atoms with Crippen molar-refractivity contribution >= 4 is 5.96 Å². The fourth-order valence-corrected chi connectivity index (χ4v) is 3.29. The summed E-state index contributed by atoms with van der Waals surface area (Å²) < 4.78 is 10.9. The zero-order chi connectivity index (χ0) is 18.7. The summed E-state index contributed by atoms with van der Waals surface area (Å²) in [5.74, 6) is 0.878. The molecule has 1 aromatic rings. The Morgan fingerprint density at radius 1 is 1.12 bits per heavy atom. The van der Waals surface area contributed by atoms with Gasteiger partial charge in [-0.15, -0.1) is 0 Å². The highest BCUT2D eigenvalue weighted by molar-refractivity contribution is 5.79. The molecule has 0 heterocycles. The fourth-order valence-electron chi connectivity index (χ4n) is 3.29. The number of ether oxygens (including phenoxy) is 2. The van der Waals surface area contributed by atoms with Crippen LogP contribution in [0.4, 0.5) is 0 Å². The molecular formula is C21H35N3O2. The summed E-state index contributed by atoms with van der Waals surface area (Å²) in [6.45, 7) is 8.69. The first-order chi connectivity index (χ1) is 12.7. The van der Waals surface area contributed by atoms with Gasteiger partial charge < -0.3 is 20.1 Å². The van der Waals surface area contributed by atoms with E-state index in [1.54, 1.807) is 0 Å². The molecule has 0 spiro atoms. The Morgan fingerprint density at radius 2 is 1.88 bits per heavy atom. The number of aliphatic imine (C=N–C) groups is 1. The molecule has 1 fully saturated rings. The fraction of sp³-hybridized carbons (Fsp3) is 0.667. The third-order valence-electron chi connectivity index (χ3n) is 5.31. The molecule has 146 valence electrons. The van der Waals surface area contributed by atoms with E-state index >= 15 is 0 Å². The van der Waals surface area contributed by atoms with Gasteiger partial charge in [0.15, 0.2) is 5.96 Å². The Bertz CT molecular complexity index is 550. The molecule has 26 heavy (non-hydrogen) atoms. The van der Waals surface area contributed by atoms with E-state index in [0.717, 1.165) is 25.7 Å². The van der Waals surface area contributed by atoms with Gasteiger partial charge in [-0.3, -0.25) is 4.99 Å². The largest absolute Gasteiger partial charge is 0.379 e. The SMILES string of the molecule is CCOCCOCc1cccc(CNC(=NC)NCC2(CC)CCC2)c1. The van der Waals surface area contributed by atoms with E-state index in [0.29, 0.717) is 25.2 Å². The molecule has 5 heteroatoms. The van der Waals surface area contributed by atoms with Crippen LogP contribution in [0.3, 0.4) is 0 Å². The monoisotopic (exact) mass is 361 g/mol. The summed E-state index contributed by atoms with van der Waals surface area (Å²) >= 11 is 0. The smallest absolute Gasteiger partial charge is 0.191 e. The van der Waals surface area contributed by atoms with Crippen LogP contribution in [0.2, 0.25) is 0 Å². The van der Waals surface area contributed by atoms with Crippen molar-refractivity contribution < 1.29 is 9.47 Å². The highest BCUT2D eigenvalue weighted by atomic mass is 16.5. The first-order valence-electron chi connectivity index (χ1n) is 9.89. The van der Waals surface area contributed by atoms with E-state index in [9.17, 15) is 0 Å². The molecule has 1 saturated carbocycles. The third-order valence-corrected chi connectivity index (χ3v) is 5.31. The van der Waals surface area contributed by atoms with Gasteiger partial charge >= 0.3 is 0 Å². The lowest BCUT2D eigenvalue weighted by Gasteiger charge is -2.41. The number of guanidine groups is 1. The summed E-state index contributed by atoms with van der Waals surface area (Å²) in [5, 5.41) is 6.92. The number of hydrogen-bond donors (Lipinski definition) is 2. The standard InChI is InChI=1S/C21H35N3O2/c1-4-21(10-7-11-21)17-24-20(22-3)23-15-18-8-6-9-19(14-18)16-26-13-12-25-5-2/h6,8-9,14H,4-5,7,10-13,15-17H2,1-3H3,(H2,22,23,24). The Labute approximate surface area is 158 Å². The van der Waals surface area contributed by atoms with Crippen LogP contribution >= 0.6 is 0 Å². The van der Waals surface area contributed by atoms with Crippen LogP contribution in [0, 0.1) is 5.41 Å². The first kappa shape index (κ1) is 20.7. The van der Waals surface area contributed by atoms with Crippen molar-refractivity contribution in [3.05, 3.63) is 35.4 Å². The van der Waals surface area contributed by atoms with Crippen LogP contribution in [-0.4, -0.2) is 39.4 Å². The van der Waals surface area contributed by atoms with Crippen LogP contribution in [0.1, 0.15) is 50.7 Å². The molecule has 0 bridgehead atoms. The summed E-state index contributed by atoms with van der Waals surface area (Å²) in [5.41, 5.74) is 2.90. The molecule has 0 unspecified atom stereocenters. The lowest BCUT2D eigenvalue weighted by atomic mass is 9.67. The van der Waals surface area contributed by atoms with Crippen molar-refractivity contribution in [2.45, 2.75) is 52.7 Å². The highest BCUT2D eigenvalue weighted by Gasteiger charge is 2.34. The molecule has 2 N–H and O–H groups in total. The van der Waals surface area contributed by atoms with E-state index in [4.69, 9.17) is 9.47 Å². The van der Waals surface area contributed by atoms with Crippen LogP contribution in [-0.2, 0) is 22.6 Å². The number of nitrogens with zero attached hydrogens (tertiary/aromatic N) is 1. The topological polar surface area (TPSA) is 54.9 Å². The average Bonchev–Trinajstić information content (AvgIpc) is 2.64. The van der Waals surface area contributed by atoms with E-state index in [1.165, 1.54) is 36.8 Å². The minimum atomic E-state index is 0.483. The van der Waals surface area contributed by atoms with Gasteiger partial charge in [-0.05, 0) is 42.7 Å². The molecule has 0 aromatic heterocycles. The van der Waals surface area contributed by atoms with Gasteiger partial charge in [-0.2, -0.15) is 0 Å². The Balaban J connectivity index is 1.74. The first-order valence-corrected chi connectivity index (χ1v) is 9.89. The molecule has 5 nitrogen and oxygen atoms in total. The average molecular weight is 362 g/mol. The zero-order valence-electron chi connectivity index (χ0n) is 16.6. The van der Waals surface area contributed by atoms with Crippen molar-refractivity contribution in [1.82, 2.24) is 10.6 Å². The van der Waals surface area contributed by atoms with Gasteiger partial charge in [0.05, 0.1) is 19.8 Å². The predicted molar refractivity (Wildman–Crippen MR) is 107 cm³/mol. The predicted octanol–water partition coefficient (Wildman–Crippen LogP) is 3.49. The number of rotatable bonds is 11. The maximum Gasteiger partial charge on any atom is 0.191 e. The van der Waals surface area contributed by atoms with Crippen molar-refractivity contribution in [2.24, 2.45) is 10.4 Å². The Morgan fingerprint density at radius 3 is 2.54 bits per heavy atom. The number of benzene rings is 1.